The number of nitrogen functional groups attached to an aromatic ring is 1. The first-order valence-electron chi connectivity index (χ1n) is 5.66. The number of hydrogen-bond donors (Lipinski definition) is 3. The lowest BCUT2D eigenvalue weighted by molar-refractivity contribution is -0.144. The molecule has 0 unspecified atom stereocenters. The maximum absolute atomic E-state index is 12.5. The van der Waals surface area contributed by atoms with Crippen LogP contribution in [0.15, 0.2) is 6.07 Å². The number of nitrogens with zero attached hydrogens (tertiary/aromatic N) is 2. The highest BCUT2D eigenvalue weighted by Crippen LogP contribution is 2.29. The predicted molar refractivity (Wildman–Crippen MR) is 60.7 cm³/mol. The summed E-state index contributed by atoms with van der Waals surface area (Å²) >= 11 is 0. The van der Waals surface area contributed by atoms with Crippen molar-refractivity contribution in [1.29, 1.82) is 0 Å². The molecular formula is C10H14F3N5. The van der Waals surface area contributed by atoms with Crippen molar-refractivity contribution in [3.05, 3.63) is 11.9 Å². The van der Waals surface area contributed by atoms with E-state index in [1.54, 1.807) is 0 Å². The summed E-state index contributed by atoms with van der Waals surface area (Å²) in [4.78, 5) is 6.71. The van der Waals surface area contributed by atoms with E-state index < -0.39 is 12.0 Å². The van der Waals surface area contributed by atoms with Crippen LogP contribution in [0.3, 0.4) is 0 Å². The topological polar surface area (TPSA) is 75.9 Å². The van der Waals surface area contributed by atoms with Crippen LogP contribution in [-0.2, 0) is 6.18 Å². The quantitative estimate of drug-likeness (QED) is 0.571. The Balaban J connectivity index is 2.12. The van der Waals surface area contributed by atoms with Gasteiger partial charge in [0.2, 0.25) is 5.82 Å². The van der Waals surface area contributed by atoms with E-state index in [-0.39, 0.29) is 11.6 Å². The summed E-state index contributed by atoms with van der Waals surface area (Å²) in [5.41, 5.74) is 2.10. The maximum atomic E-state index is 12.5. The van der Waals surface area contributed by atoms with E-state index in [1.165, 1.54) is 12.5 Å². The SMILES string of the molecule is NNc1cc(NCC2CCC2)nc(C(F)(F)F)n1. The lowest BCUT2D eigenvalue weighted by Gasteiger charge is -2.25. The Morgan fingerprint density at radius 3 is 2.44 bits per heavy atom. The smallest absolute Gasteiger partial charge is 0.370 e. The molecule has 0 aromatic carbocycles. The van der Waals surface area contributed by atoms with Gasteiger partial charge < -0.3 is 10.7 Å². The summed E-state index contributed by atoms with van der Waals surface area (Å²) in [6.07, 6.45) is -1.20. The second-order valence-corrected chi connectivity index (χ2v) is 4.28. The zero-order valence-corrected chi connectivity index (χ0v) is 9.59. The van der Waals surface area contributed by atoms with Crippen molar-refractivity contribution in [2.45, 2.75) is 25.4 Å². The first-order valence-corrected chi connectivity index (χ1v) is 5.66. The number of nitrogens with one attached hydrogen (secondary N) is 2. The van der Waals surface area contributed by atoms with Gasteiger partial charge in [-0.3, -0.25) is 0 Å². The standard InChI is InChI=1S/C10H14F3N5/c11-10(12,13)9-16-7(4-8(17-9)18-14)15-5-6-2-1-3-6/h4,6H,1-3,5,14H2,(H2,15,16,17,18). The van der Waals surface area contributed by atoms with Gasteiger partial charge in [-0.05, 0) is 18.8 Å². The number of nitrogens with two attached hydrogens (primary N) is 1. The fraction of sp³-hybridized carbons (Fsp3) is 0.600. The van der Waals surface area contributed by atoms with Crippen LogP contribution in [0.5, 0.6) is 0 Å². The summed E-state index contributed by atoms with van der Waals surface area (Å²) in [6, 6.07) is 1.36. The molecule has 1 aromatic heterocycles. The first-order chi connectivity index (χ1) is 8.49. The zero-order valence-electron chi connectivity index (χ0n) is 9.59. The van der Waals surface area contributed by atoms with Crippen LogP contribution in [0.1, 0.15) is 25.1 Å². The molecule has 0 bridgehead atoms. The first kappa shape index (κ1) is 12.9. The van der Waals surface area contributed by atoms with Crippen LogP contribution < -0.4 is 16.6 Å². The third-order valence-corrected chi connectivity index (χ3v) is 2.92. The van der Waals surface area contributed by atoms with E-state index in [1.807, 2.05) is 0 Å². The Kier molecular flexibility index (Phi) is 3.55. The average molecular weight is 261 g/mol. The summed E-state index contributed by atoms with van der Waals surface area (Å²) < 4.78 is 37.6. The molecule has 5 nitrogen and oxygen atoms in total. The van der Waals surface area contributed by atoms with Crippen LogP contribution in [0.25, 0.3) is 0 Å². The van der Waals surface area contributed by atoms with E-state index in [0.29, 0.717) is 12.5 Å². The average Bonchev–Trinajstić information content (AvgIpc) is 2.25. The number of halogens is 3. The van der Waals surface area contributed by atoms with Gasteiger partial charge in [-0.25, -0.2) is 15.8 Å². The maximum Gasteiger partial charge on any atom is 0.451 e. The number of hydrogen-bond acceptors (Lipinski definition) is 5. The van der Waals surface area contributed by atoms with Gasteiger partial charge in [0.25, 0.3) is 0 Å². The molecule has 1 fully saturated rings. The highest BCUT2D eigenvalue weighted by molar-refractivity contribution is 5.47. The van der Waals surface area contributed by atoms with Crippen molar-refractivity contribution in [2.75, 3.05) is 17.3 Å². The molecule has 1 aliphatic rings. The van der Waals surface area contributed by atoms with Crippen LogP contribution in [0.2, 0.25) is 0 Å². The zero-order chi connectivity index (χ0) is 13.2. The van der Waals surface area contributed by atoms with Gasteiger partial charge >= 0.3 is 6.18 Å². The minimum atomic E-state index is -4.58. The minimum Gasteiger partial charge on any atom is -0.370 e. The molecule has 0 spiro atoms. The van der Waals surface area contributed by atoms with Gasteiger partial charge in [0.1, 0.15) is 11.6 Å². The third-order valence-electron chi connectivity index (χ3n) is 2.92. The minimum absolute atomic E-state index is 0.0616. The molecule has 1 heterocycles. The Morgan fingerprint density at radius 2 is 1.94 bits per heavy atom. The van der Waals surface area contributed by atoms with Crippen molar-refractivity contribution in [2.24, 2.45) is 11.8 Å². The third kappa shape index (κ3) is 3.00. The van der Waals surface area contributed by atoms with E-state index in [2.05, 4.69) is 20.7 Å². The lowest BCUT2D eigenvalue weighted by Crippen LogP contribution is -2.23. The molecule has 8 heteroatoms. The van der Waals surface area contributed by atoms with E-state index in [4.69, 9.17) is 5.84 Å². The van der Waals surface area contributed by atoms with Gasteiger partial charge in [0, 0.05) is 12.6 Å². The van der Waals surface area contributed by atoms with Crippen molar-refractivity contribution < 1.29 is 13.2 Å². The Labute approximate surface area is 102 Å². The van der Waals surface area contributed by atoms with Gasteiger partial charge in [-0.2, -0.15) is 13.2 Å². The molecule has 0 amide bonds. The van der Waals surface area contributed by atoms with Crippen molar-refractivity contribution in [3.63, 3.8) is 0 Å². The summed E-state index contributed by atoms with van der Waals surface area (Å²) in [6.45, 7) is 0.623. The van der Waals surface area contributed by atoms with Gasteiger partial charge in [-0.15, -0.1) is 0 Å². The molecule has 100 valence electrons. The Morgan fingerprint density at radius 1 is 1.28 bits per heavy atom. The molecule has 2 rings (SSSR count). The number of aromatic nitrogens is 2. The second-order valence-electron chi connectivity index (χ2n) is 4.28. The van der Waals surface area contributed by atoms with Gasteiger partial charge in [-0.1, -0.05) is 6.42 Å². The number of alkyl halides is 3. The van der Waals surface area contributed by atoms with Gasteiger partial charge in [0.05, 0.1) is 0 Å². The van der Waals surface area contributed by atoms with E-state index >= 15 is 0 Å². The normalized spacial score (nSPS) is 16.2. The molecule has 0 atom stereocenters. The Hall–Kier alpha value is -1.57. The summed E-state index contributed by atoms with van der Waals surface area (Å²) in [5.74, 6) is 4.48. The lowest BCUT2D eigenvalue weighted by atomic mass is 9.85. The monoisotopic (exact) mass is 261 g/mol. The Bertz CT molecular complexity index is 416. The highest BCUT2D eigenvalue weighted by atomic mass is 19.4. The fourth-order valence-electron chi connectivity index (χ4n) is 1.68. The number of rotatable bonds is 4. The number of hydrazine groups is 1. The molecule has 1 saturated carbocycles. The van der Waals surface area contributed by atoms with Crippen molar-refractivity contribution in [1.82, 2.24) is 9.97 Å². The van der Waals surface area contributed by atoms with E-state index in [9.17, 15) is 13.2 Å². The van der Waals surface area contributed by atoms with Crippen LogP contribution in [-0.4, -0.2) is 16.5 Å². The van der Waals surface area contributed by atoms with E-state index in [0.717, 1.165) is 12.8 Å². The largest absolute Gasteiger partial charge is 0.451 e. The van der Waals surface area contributed by atoms with Gasteiger partial charge in [0.15, 0.2) is 0 Å². The van der Waals surface area contributed by atoms with Crippen LogP contribution in [0, 0.1) is 5.92 Å². The molecule has 0 saturated heterocycles. The van der Waals surface area contributed by atoms with Crippen molar-refractivity contribution >= 4 is 11.6 Å². The molecule has 1 aliphatic carbocycles. The number of anilines is 2. The van der Waals surface area contributed by atoms with Crippen LogP contribution >= 0.6 is 0 Å². The van der Waals surface area contributed by atoms with Crippen molar-refractivity contribution in [3.8, 4) is 0 Å². The van der Waals surface area contributed by atoms with Crippen LogP contribution in [0.4, 0.5) is 24.8 Å². The molecular weight excluding hydrogens is 247 g/mol. The summed E-state index contributed by atoms with van der Waals surface area (Å²) in [5, 5.41) is 2.89. The second kappa shape index (κ2) is 4.97. The fourth-order valence-corrected chi connectivity index (χ4v) is 1.68. The molecule has 0 aliphatic heterocycles. The molecule has 18 heavy (non-hydrogen) atoms. The molecule has 4 N–H and O–H groups in total. The summed E-state index contributed by atoms with van der Waals surface area (Å²) in [7, 11) is 0. The predicted octanol–water partition coefficient (Wildman–Crippen LogP) is 1.99. The molecule has 0 radical (unpaired) electrons. The molecule has 1 aromatic rings. The highest BCUT2D eigenvalue weighted by Gasteiger charge is 2.35.